The number of halogens is 1. The van der Waals surface area contributed by atoms with Gasteiger partial charge in [0.05, 0.1) is 10.5 Å². The smallest absolute Gasteiger partial charge is 0.0805 e. The molecule has 0 aromatic heterocycles. The summed E-state index contributed by atoms with van der Waals surface area (Å²) in [6.45, 7) is 7.96. The molecule has 0 saturated heterocycles. The van der Waals surface area contributed by atoms with E-state index in [2.05, 4.69) is 6.92 Å². The van der Waals surface area contributed by atoms with Crippen molar-refractivity contribution in [2.24, 2.45) is 0 Å². The van der Waals surface area contributed by atoms with Crippen molar-refractivity contribution in [3.05, 3.63) is 0 Å². The molecule has 160 valence electrons. The molecule has 0 aliphatic carbocycles. The Morgan fingerprint density at radius 2 is 0.846 bits per heavy atom. The second kappa shape index (κ2) is 17.3. The van der Waals surface area contributed by atoms with Gasteiger partial charge in [-0.1, -0.05) is 110 Å². The molecule has 0 fully saturated rings. The van der Waals surface area contributed by atoms with Crippen LogP contribution in [0, 0.1) is 0 Å². The van der Waals surface area contributed by atoms with E-state index in [1.54, 1.807) is 0 Å². The molecule has 0 aromatic rings. The van der Waals surface area contributed by atoms with Gasteiger partial charge in [-0.05, 0) is 27.2 Å². The minimum Gasteiger partial charge on any atom is -0.388 e. The summed E-state index contributed by atoms with van der Waals surface area (Å²) in [5.41, 5.74) is -0.759. The van der Waals surface area contributed by atoms with Gasteiger partial charge in [-0.2, -0.15) is 0 Å². The van der Waals surface area contributed by atoms with Crippen LogP contribution in [0.25, 0.3) is 0 Å². The Morgan fingerprint density at radius 3 is 1.12 bits per heavy atom. The second-order valence-electron chi connectivity index (χ2n) is 8.80. The van der Waals surface area contributed by atoms with Crippen molar-refractivity contribution >= 4 is 11.6 Å². The first-order chi connectivity index (χ1) is 11.8. The van der Waals surface area contributed by atoms with Gasteiger partial charge in [-0.25, -0.2) is 0 Å². The summed E-state index contributed by atoms with van der Waals surface area (Å²) in [7, 11) is 0. The van der Waals surface area contributed by atoms with Crippen LogP contribution < -0.4 is 6.15 Å². The van der Waals surface area contributed by atoms with E-state index in [-0.39, 0.29) is 6.15 Å². The molecular formula is C23H50ClNO. The standard InChI is InChI=1S/C23H47ClO.H3N/c1-5-6-7-8-9-10-11-12-13-14-15-16-17-18-19-20-21-23(4,25)22(2,3)24;/h25H,5-21H2,1-4H3;1H3. The molecule has 0 bridgehead atoms. The van der Waals surface area contributed by atoms with Gasteiger partial charge in [0.2, 0.25) is 0 Å². The summed E-state index contributed by atoms with van der Waals surface area (Å²) in [5.74, 6) is 0. The average molecular weight is 392 g/mol. The van der Waals surface area contributed by atoms with Crippen LogP contribution in [0.15, 0.2) is 0 Å². The molecule has 0 aromatic carbocycles. The molecule has 1 atom stereocenters. The summed E-state index contributed by atoms with van der Waals surface area (Å²) >= 11 is 6.25. The van der Waals surface area contributed by atoms with Gasteiger partial charge in [0.25, 0.3) is 0 Å². The van der Waals surface area contributed by atoms with Crippen LogP contribution >= 0.6 is 11.6 Å². The number of aliphatic hydroxyl groups is 1. The van der Waals surface area contributed by atoms with Gasteiger partial charge in [-0.3, -0.25) is 0 Å². The van der Waals surface area contributed by atoms with Crippen molar-refractivity contribution in [2.75, 3.05) is 0 Å². The molecule has 1 unspecified atom stereocenters. The third-order valence-electron chi connectivity index (χ3n) is 5.80. The fourth-order valence-electron chi connectivity index (χ4n) is 3.31. The molecule has 0 radical (unpaired) electrons. The van der Waals surface area contributed by atoms with E-state index in [1.165, 1.54) is 96.3 Å². The lowest BCUT2D eigenvalue weighted by molar-refractivity contribution is 0.0159. The minimum atomic E-state index is -0.759. The van der Waals surface area contributed by atoms with Gasteiger partial charge >= 0.3 is 0 Å². The van der Waals surface area contributed by atoms with Crippen LogP contribution in [0.5, 0.6) is 0 Å². The topological polar surface area (TPSA) is 55.2 Å². The molecule has 0 aliphatic rings. The second-order valence-corrected chi connectivity index (χ2v) is 9.74. The highest BCUT2D eigenvalue weighted by atomic mass is 35.5. The Hall–Kier alpha value is 0.210. The number of hydrogen-bond acceptors (Lipinski definition) is 2. The van der Waals surface area contributed by atoms with E-state index in [9.17, 15) is 5.11 Å². The van der Waals surface area contributed by atoms with Gasteiger partial charge in [0, 0.05) is 0 Å². The molecule has 3 heteroatoms. The average Bonchev–Trinajstić information content (AvgIpc) is 2.53. The highest BCUT2D eigenvalue weighted by molar-refractivity contribution is 6.24. The number of rotatable bonds is 18. The van der Waals surface area contributed by atoms with E-state index in [4.69, 9.17) is 11.6 Å². The third kappa shape index (κ3) is 16.4. The maximum atomic E-state index is 10.3. The van der Waals surface area contributed by atoms with Crippen LogP contribution in [-0.4, -0.2) is 15.6 Å². The lowest BCUT2D eigenvalue weighted by Crippen LogP contribution is -2.43. The maximum Gasteiger partial charge on any atom is 0.0805 e. The van der Waals surface area contributed by atoms with Crippen molar-refractivity contribution in [1.29, 1.82) is 0 Å². The molecule has 2 nitrogen and oxygen atoms in total. The molecule has 0 spiro atoms. The highest BCUT2D eigenvalue weighted by Crippen LogP contribution is 2.32. The van der Waals surface area contributed by atoms with Crippen molar-refractivity contribution in [2.45, 2.75) is 147 Å². The quantitative estimate of drug-likeness (QED) is 0.181. The van der Waals surface area contributed by atoms with Gasteiger partial charge in [0.1, 0.15) is 0 Å². The summed E-state index contributed by atoms with van der Waals surface area (Å²) in [5, 5.41) is 10.3. The van der Waals surface area contributed by atoms with Crippen molar-refractivity contribution in [3.8, 4) is 0 Å². The Kier molecular flexibility index (Phi) is 18.9. The molecule has 4 N–H and O–H groups in total. The van der Waals surface area contributed by atoms with Gasteiger partial charge in [-0.15, -0.1) is 11.6 Å². The Bertz CT molecular complexity index is 286. The molecule has 0 heterocycles. The van der Waals surface area contributed by atoms with Crippen molar-refractivity contribution < 1.29 is 5.11 Å². The molecule has 0 saturated carbocycles. The Morgan fingerprint density at radius 1 is 0.577 bits per heavy atom. The SMILES string of the molecule is CCCCCCCCCCCCCCCCCCC(C)(O)C(C)(C)Cl.N. The Balaban J connectivity index is 0. The first-order valence-corrected chi connectivity index (χ1v) is 11.6. The van der Waals surface area contributed by atoms with E-state index < -0.39 is 10.5 Å². The van der Waals surface area contributed by atoms with Gasteiger partial charge in [0.15, 0.2) is 0 Å². The van der Waals surface area contributed by atoms with Crippen LogP contribution in [0.2, 0.25) is 0 Å². The first-order valence-electron chi connectivity index (χ1n) is 11.2. The molecule has 0 rings (SSSR count). The number of hydrogen-bond donors (Lipinski definition) is 2. The largest absolute Gasteiger partial charge is 0.388 e. The number of alkyl halides is 1. The molecule has 0 amide bonds. The van der Waals surface area contributed by atoms with Crippen LogP contribution in [0.4, 0.5) is 0 Å². The Labute approximate surface area is 170 Å². The van der Waals surface area contributed by atoms with Crippen LogP contribution in [0.1, 0.15) is 137 Å². The van der Waals surface area contributed by atoms with Crippen molar-refractivity contribution in [3.63, 3.8) is 0 Å². The lowest BCUT2D eigenvalue weighted by Gasteiger charge is -2.35. The van der Waals surface area contributed by atoms with E-state index in [0.717, 1.165) is 12.8 Å². The summed E-state index contributed by atoms with van der Waals surface area (Å²) in [6, 6.07) is 0. The summed E-state index contributed by atoms with van der Waals surface area (Å²) in [4.78, 5) is -0.539. The van der Waals surface area contributed by atoms with E-state index >= 15 is 0 Å². The minimum absolute atomic E-state index is 0. The fourth-order valence-corrected chi connectivity index (χ4v) is 3.41. The van der Waals surface area contributed by atoms with E-state index in [1.807, 2.05) is 20.8 Å². The number of unbranched alkanes of at least 4 members (excludes halogenated alkanes) is 15. The molecule has 0 aliphatic heterocycles. The van der Waals surface area contributed by atoms with Crippen molar-refractivity contribution in [1.82, 2.24) is 6.15 Å². The molecular weight excluding hydrogens is 342 g/mol. The van der Waals surface area contributed by atoms with Gasteiger partial charge < -0.3 is 11.3 Å². The normalized spacial score (nSPS) is 14.1. The molecule has 26 heavy (non-hydrogen) atoms. The zero-order chi connectivity index (χ0) is 19.0. The monoisotopic (exact) mass is 391 g/mol. The zero-order valence-corrected chi connectivity index (χ0v) is 19.3. The summed E-state index contributed by atoms with van der Waals surface area (Å²) < 4.78 is 0. The first kappa shape index (κ1) is 28.4. The van der Waals surface area contributed by atoms with E-state index in [0.29, 0.717) is 0 Å². The van der Waals surface area contributed by atoms with Crippen LogP contribution in [0.3, 0.4) is 0 Å². The zero-order valence-electron chi connectivity index (χ0n) is 18.6. The fraction of sp³-hybridized carbons (Fsp3) is 1.00. The maximum absolute atomic E-state index is 10.3. The van der Waals surface area contributed by atoms with Crippen LogP contribution in [-0.2, 0) is 0 Å². The highest BCUT2D eigenvalue weighted by Gasteiger charge is 2.36. The summed E-state index contributed by atoms with van der Waals surface area (Å²) in [6.07, 6.45) is 22.9. The predicted molar refractivity (Wildman–Crippen MR) is 120 cm³/mol. The lowest BCUT2D eigenvalue weighted by atomic mass is 9.86. The predicted octanol–water partition coefficient (Wildman–Crippen LogP) is 8.57. The third-order valence-corrected chi connectivity index (χ3v) is 6.20.